The number of halogens is 3. The molecule has 23 heavy (non-hydrogen) atoms. The van der Waals surface area contributed by atoms with Crippen molar-refractivity contribution in [1.82, 2.24) is 0 Å². The van der Waals surface area contributed by atoms with Crippen LogP contribution in [0.2, 0.25) is 0 Å². The third-order valence-electron chi connectivity index (χ3n) is 4.04. The molecule has 0 spiro atoms. The number of ether oxygens (including phenoxy) is 1. The van der Waals surface area contributed by atoms with Gasteiger partial charge in [0.2, 0.25) is 0 Å². The summed E-state index contributed by atoms with van der Waals surface area (Å²) in [5.74, 6) is -0.341. The lowest BCUT2D eigenvalue weighted by Gasteiger charge is -2.24. The summed E-state index contributed by atoms with van der Waals surface area (Å²) in [7, 11) is 0. The van der Waals surface area contributed by atoms with Gasteiger partial charge < -0.3 is 9.64 Å². The first kappa shape index (κ1) is 17.1. The average molecular weight is 326 g/mol. The van der Waals surface area contributed by atoms with Crippen molar-refractivity contribution in [3.05, 3.63) is 29.3 Å². The molecule has 1 fully saturated rings. The number of esters is 1. The molecule has 124 valence electrons. The van der Waals surface area contributed by atoms with Crippen LogP contribution in [0.4, 0.5) is 18.9 Å². The molecule has 0 saturated carbocycles. The van der Waals surface area contributed by atoms with Crippen LogP contribution in [0.15, 0.2) is 18.2 Å². The standard InChI is InChI=1S/C16H17F3N2O2/c1-3-23-14(22)15(2)6-7-21(10-15)12-5-4-11(9-20)13(8-12)16(17,18)19/h4-5,8H,3,6-7,10H2,1-2H3. The summed E-state index contributed by atoms with van der Waals surface area (Å²) in [6, 6.07) is 5.17. The van der Waals surface area contributed by atoms with Crippen LogP contribution in [-0.2, 0) is 15.7 Å². The third-order valence-corrected chi connectivity index (χ3v) is 4.04. The van der Waals surface area contributed by atoms with Crippen LogP contribution in [-0.4, -0.2) is 25.7 Å². The van der Waals surface area contributed by atoms with Gasteiger partial charge in [0.25, 0.3) is 0 Å². The van der Waals surface area contributed by atoms with E-state index in [1.807, 2.05) is 0 Å². The summed E-state index contributed by atoms with van der Waals surface area (Å²) in [6.45, 7) is 4.47. The van der Waals surface area contributed by atoms with Gasteiger partial charge in [-0.25, -0.2) is 0 Å². The minimum Gasteiger partial charge on any atom is -0.466 e. The SMILES string of the molecule is CCOC(=O)C1(C)CCN(c2ccc(C#N)c(C(F)(F)F)c2)C1. The number of anilines is 1. The predicted octanol–water partition coefficient (Wildman–Crippen LogP) is 3.36. The topological polar surface area (TPSA) is 53.3 Å². The number of nitrogens with zero attached hydrogens (tertiary/aromatic N) is 2. The van der Waals surface area contributed by atoms with Crippen molar-refractivity contribution in [3.8, 4) is 6.07 Å². The van der Waals surface area contributed by atoms with Gasteiger partial charge in [0.15, 0.2) is 0 Å². The van der Waals surface area contributed by atoms with E-state index in [9.17, 15) is 18.0 Å². The third kappa shape index (κ3) is 3.41. The molecule has 0 radical (unpaired) electrons. The van der Waals surface area contributed by atoms with Gasteiger partial charge in [0, 0.05) is 18.8 Å². The summed E-state index contributed by atoms with van der Waals surface area (Å²) >= 11 is 0. The molecule has 0 N–H and O–H groups in total. The van der Waals surface area contributed by atoms with Gasteiger partial charge in [-0.2, -0.15) is 18.4 Å². The van der Waals surface area contributed by atoms with Gasteiger partial charge in [0.1, 0.15) is 0 Å². The maximum atomic E-state index is 13.0. The molecule has 1 saturated heterocycles. The molecule has 1 aromatic carbocycles. The van der Waals surface area contributed by atoms with Gasteiger partial charge in [-0.3, -0.25) is 4.79 Å². The molecule has 1 atom stereocenters. The number of hydrogen-bond acceptors (Lipinski definition) is 4. The smallest absolute Gasteiger partial charge is 0.417 e. The van der Waals surface area contributed by atoms with Crippen molar-refractivity contribution >= 4 is 11.7 Å². The molecular weight excluding hydrogens is 309 g/mol. The van der Waals surface area contributed by atoms with Crippen molar-refractivity contribution in [2.45, 2.75) is 26.4 Å². The lowest BCUT2D eigenvalue weighted by molar-refractivity contribution is -0.153. The summed E-state index contributed by atoms with van der Waals surface area (Å²) in [6.07, 6.45) is -4.08. The van der Waals surface area contributed by atoms with Gasteiger partial charge >= 0.3 is 12.1 Å². The van der Waals surface area contributed by atoms with Crippen LogP contribution in [0.1, 0.15) is 31.4 Å². The fourth-order valence-electron chi connectivity index (χ4n) is 2.71. The Morgan fingerprint density at radius 1 is 1.48 bits per heavy atom. The van der Waals surface area contributed by atoms with Crippen LogP contribution >= 0.6 is 0 Å². The molecule has 1 aromatic rings. The zero-order chi connectivity index (χ0) is 17.3. The average Bonchev–Trinajstić information content (AvgIpc) is 2.90. The molecule has 1 aliphatic heterocycles. The summed E-state index contributed by atoms with van der Waals surface area (Å²) in [5, 5.41) is 8.83. The second kappa shape index (κ2) is 6.11. The summed E-state index contributed by atoms with van der Waals surface area (Å²) in [5.41, 5.74) is -1.75. The molecule has 1 unspecified atom stereocenters. The molecule has 1 aliphatic rings. The van der Waals surface area contributed by atoms with E-state index in [0.29, 0.717) is 18.7 Å². The fourth-order valence-corrected chi connectivity index (χ4v) is 2.71. The van der Waals surface area contributed by atoms with Crippen molar-refractivity contribution in [1.29, 1.82) is 5.26 Å². The van der Waals surface area contributed by atoms with E-state index in [2.05, 4.69) is 0 Å². The Morgan fingerprint density at radius 3 is 2.74 bits per heavy atom. The molecule has 2 rings (SSSR count). The van der Waals surface area contributed by atoms with Crippen molar-refractivity contribution in [2.75, 3.05) is 24.6 Å². The summed E-state index contributed by atoms with van der Waals surface area (Å²) < 4.78 is 44.2. The van der Waals surface area contributed by atoms with Crippen LogP contribution in [0.25, 0.3) is 0 Å². The molecule has 0 bridgehead atoms. The predicted molar refractivity (Wildman–Crippen MR) is 77.7 cm³/mol. The lowest BCUT2D eigenvalue weighted by atomic mass is 9.90. The van der Waals surface area contributed by atoms with E-state index >= 15 is 0 Å². The fraction of sp³-hybridized carbons (Fsp3) is 0.500. The van der Waals surface area contributed by atoms with Gasteiger partial charge in [0.05, 0.1) is 29.2 Å². The summed E-state index contributed by atoms with van der Waals surface area (Å²) in [4.78, 5) is 13.7. The minimum absolute atomic E-state index is 0.267. The highest BCUT2D eigenvalue weighted by Crippen LogP contribution is 2.38. The van der Waals surface area contributed by atoms with E-state index in [4.69, 9.17) is 10.00 Å². The highest BCUT2D eigenvalue weighted by molar-refractivity contribution is 5.78. The Morgan fingerprint density at radius 2 is 2.17 bits per heavy atom. The van der Waals surface area contributed by atoms with E-state index in [1.54, 1.807) is 24.8 Å². The van der Waals surface area contributed by atoms with Gasteiger partial charge in [-0.05, 0) is 38.5 Å². The Balaban J connectivity index is 2.28. The Labute approximate surface area is 132 Å². The van der Waals surface area contributed by atoms with Crippen molar-refractivity contribution in [2.24, 2.45) is 5.41 Å². The molecule has 0 aromatic heterocycles. The highest BCUT2D eigenvalue weighted by atomic mass is 19.4. The molecule has 4 nitrogen and oxygen atoms in total. The first-order chi connectivity index (χ1) is 10.7. The monoisotopic (exact) mass is 326 g/mol. The van der Waals surface area contributed by atoms with Crippen molar-refractivity contribution < 1.29 is 22.7 Å². The number of alkyl halides is 3. The van der Waals surface area contributed by atoms with Crippen LogP contribution in [0, 0.1) is 16.7 Å². The first-order valence-corrected chi connectivity index (χ1v) is 7.25. The molecule has 0 amide bonds. The Kier molecular flexibility index (Phi) is 4.55. The maximum Gasteiger partial charge on any atom is 0.417 e. The normalized spacial score (nSPS) is 21.1. The van der Waals surface area contributed by atoms with E-state index in [1.165, 1.54) is 6.07 Å². The van der Waals surface area contributed by atoms with Gasteiger partial charge in [-0.15, -0.1) is 0 Å². The van der Waals surface area contributed by atoms with Crippen LogP contribution < -0.4 is 4.90 Å². The minimum atomic E-state index is -4.59. The number of hydrogen-bond donors (Lipinski definition) is 0. The van der Waals surface area contributed by atoms with Crippen LogP contribution in [0.5, 0.6) is 0 Å². The largest absolute Gasteiger partial charge is 0.466 e. The number of benzene rings is 1. The second-order valence-corrected chi connectivity index (χ2v) is 5.79. The quantitative estimate of drug-likeness (QED) is 0.799. The van der Waals surface area contributed by atoms with Crippen molar-refractivity contribution in [3.63, 3.8) is 0 Å². The molecule has 1 heterocycles. The van der Waals surface area contributed by atoms with E-state index in [0.717, 1.165) is 12.1 Å². The Bertz CT molecular complexity index is 652. The Hall–Kier alpha value is -2.23. The molecular formula is C16H17F3N2O2. The zero-order valence-corrected chi connectivity index (χ0v) is 12.9. The second-order valence-electron chi connectivity index (χ2n) is 5.79. The number of nitriles is 1. The number of carbonyl (C=O) groups excluding carboxylic acids is 1. The van der Waals surface area contributed by atoms with E-state index in [-0.39, 0.29) is 19.1 Å². The lowest BCUT2D eigenvalue weighted by Crippen LogP contribution is -2.33. The van der Waals surface area contributed by atoms with E-state index < -0.39 is 22.7 Å². The molecule has 0 aliphatic carbocycles. The highest BCUT2D eigenvalue weighted by Gasteiger charge is 2.42. The van der Waals surface area contributed by atoms with Gasteiger partial charge in [-0.1, -0.05) is 0 Å². The number of carbonyl (C=O) groups is 1. The maximum absolute atomic E-state index is 13.0. The first-order valence-electron chi connectivity index (χ1n) is 7.25. The number of rotatable bonds is 3. The zero-order valence-electron chi connectivity index (χ0n) is 12.9. The molecule has 7 heteroatoms. The van der Waals surface area contributed by atoms with Crippen LogP contribution in [0.3, 0.4) is 0 Å².